The maximum Gasteiger partial charge on any atom is 0.335 e. The van der Waals surface area contributed by atoms with Crippen LogP contribution in [0, 0.1) is 4.77 Å². The van der Waals surface area contributed by atoms with Crippen molar-refractivity contribution >= 4 is 18.2 Å². The molecule has 4 rings (SSSR count). The predicted octanol–water partition coefficient (Wildman–Crippen LogP) is 5.13. The zero-order valence-electron chi connectivity index (χ0n) is 16.7. The third kappa shape index (κ3) is 4.90. The van der Waals surface area contributed by atoms with Crippen LogP contribution in [-0.2, 0) is 19.6 Å². The fourth-order valence-electron chi connectivity index (χ4n) is 3.37. The summed E-state index contributed by atoms with van der Waals surface area (Å²) in [6.07, 6.45) is 0.529. The normalized spacial score (nSPS) is 10.7. The topological polar surface area (TPSA) is 80.1 Å². The molecule has 156 valence electrons. The summed E-state index contributed by atoms with van der Waals surface area (Å²) in [4.78, 5) is 11.5. The number of benzene rings is 3. The minimum atomic E-state index is -0.933. The Bertz CT molecular complexity index is 1230. The average molecular weight is 432 g/mol. The van der Waals surface area contributed by atoms with Crippen LogP contribution < -0.4 is 4.74 Å². The number of aromatic amines is 1. The van der Waals surface area contributed by atoms with Gasteiger partial charge in [0.05, 0.1) is 5.56 Å². The zero-order valence-corrected chi connectivity index (χ0v) is 17.5. The molecule has 7 heteroatoms. The lowest BCUT2D eigenvalue weighted by molar-refractivity contribution is 0.0695. The molecule has 0 atom stereocenters. The molecule has 0 saturated carbocycles. The summed E-state index contributed by atoms with van der Waals surface area (Å²) in [5.74, 6) is 0.536. The average Bonchev–Trinajstić information content (AvgIpc) is 3.17. The number of nitrogens with one attached hydrogen (secondary N) is 1. The summed E-state index contributed by atoms with van der Waals surface area (Å²) < 4.78 is 8.22. The van der Waals surface area contributed by atoms with Crippen LogP contribution >= 0.6 is 12.2 Å². The van der Waals surface area contributed by atoms with Gasteiger partial charge in [0.1, 0.15) is 12.4 Å². The lowest BCUT2D eigenvalue weighted by atomic mass is 10.0. The molecule has 0 saturated heterocycles. The van der Waals surface area contributed by atoms with Gasteiger partial charge in [0, 0.05) is 12.1 Å². The summed E-state index contributed by atoms with van der Waals surface area (Å²) in [5, 5.41) is 16.6. The quantitative estimate of drug-likeness (QED) is 0.378. The van der Waals surface area contributed by atoms with Crippen molar-refractivity contribution in [1.29, 1.82) is 0 Å². The van der Waals surface area contributed by atoms with Gasteiger partial charge in [-0.25, -0.2) is 4.79 Å². The molecule has 0 amide bonds. The van der Waals surface area contributed by atoms with E-state index in [2.05, 4.69) is 10.2 Å². The number of aryl methyl sites for hydroxylation is 1. The van der Waals surface area contributed by atoms with E-state index in [1.54, 1.807) is 12.1 Å². The highest BCUT2D eigenvalue weighted by atomic mass is 32.1. The molecule has 0 fully saturated rings. The zero-order chi connectivity index (χ0) is 21.6. The summed E-state index contributed by atoms with van der Waals surface area (Å²) >= 11 is 5.40. The molecule has 1 aromatic heterocycles. The van der Waals surface area contributed by atoms with Gasteiger partial charge in [-0.3, -0.25) is 9.67 Å². The molecule has 0 aliphatic carbocycles. The molecule has 0 radical (unpaired) electrons. The Balaban J connectivity index is 1.48. The molecule has 31 heavy (non-hydrogen) atoms. The van der Waals surface area contributed by atoms with E-state index in [1.165, 1.54) is 0 Å². The van der Waals surface area contributed by atoms with Gasteiger partial charge in [-0.05, 0) is 60.1 Å². The number of rotatable bonds is 8. The number of carbonyl (C=O) groups is 1. The third-order valence-electron chi connectivity index (χ3n) is 4.97. The van der Waals surface area contributed by atoms with E-state index in [-0.39, 0.29) is 0 Å². The van der Waals surface area contributed by atoms with E-state index in [9.17, 15) is 9.90 Å². The van der Waals surface area contributed by atoms with Crippen LogP contribution in [0.2, 0.25) is 0 Å². The van der Waals surface area contributed by atoms with Gasteiger partial charge < -0.3 is 9.84 Å². The van der Waals surface area contributed by atoms with Gasteiger partial charge in [-0.2, -0.15) is 5.10 Å². The van der Waals surface area contributed by atoms with Crippen LogP contribution in [0.1, 0.15) is 21.5 Å². The molecule has 0 aliphatic heterocycles. The first-order valence-electron chi connectivity index (χ1n) is 9.85. The molecule has 1 heterocycles. The van der Waals surface area contributed by atoms with E-state index in [1.807, 2.05) is 71.3 Å². The van der Waals surface area contributed by atoms with Crippen LogP contribution in [0.15, 0.2) is 78.9 Å². The van der Waals surface area contributed by atoms with Crippen LogP contribution in [0.4, 0.5) is 0 Å². The Kier molecular flexibility index (Phi) is 6.24. The third-order valence-corrected chi connectivity index (χ3v) is 5.28. The molecule has 0 spiro atoms. The highest BCUT2D eigenvalue weighted by Crippen LogP contribution is 2.22. The van der Waals surface area contributed by atoms with Crippen LogP contribution in [0.3, 0.4) is 0 Å². The van der Waals surface area contributed by atoms with E-state index in [0.29, 0.717) is 35.7 Å². The molecule has 6 nitrogen and oxygen atoms in total. The Morgan fingerprint density at radius 3 is 2.45 bits per heavy atom. The molecule has 0 unspecified atom stereocenters. The van der Waals surface area contributed by atoms with Crippen LogP contribution in [0.25, 0.3) is 11.4 Å². The van der Waals surface area contributed by atoms with Crippen molar-refractivity contribution in [1.82, 2.24) is 14.8 Å². The van der Waals surface area contributed by atoms with Gasteiger partial charge in [-0.15, -0.1) is 0 Å². The van der Waals surface area contributed by atoms with Crippen molar-refractivity contribution in [3.63, 3.8) is 0 Å². The van der Waals surface area contributed by atoms with Crippen LogP contribution in [0.5, 0.6) is 5.75 Å². The Hall–Kier alpha value is -3.71. The van der Waals surface area contributed by atoms with Crippen molar-refractivity contribution in [2.45, 2.75) is 19.6 Å². The maximum atomic E-state index is 11.5. The van der Waals surface area contributed by atoms with Gasteiger partial charge >= 0.3 is 5.97 Å². The van der Waals surface area contributed by atoms with E-state index < -0.39 is 5.97 Å². The SMILES string of the molecule is O=C(O)c1ccccc1CCn1c(-c2ccc(OCc3ccccc3)cc2)n[nH]c1=S. The first-order chi connectivity index (χ1) is 15.1. The van der Waals surface area contributed by atoms with E-state index in [0.717, 1.165) is 22.4 Å². The largest absolute Gasteiger partial charge is 0.489 e. The number of hydrogen-bond acceptors (Lipinski definition) is 4. The van der Waals surface area contributed by atoms with Crippen molar-refractivity contribution in [3.8, 4) is 17.1 Å². The maximum absolute atomic E-state index is 11.5. The van der Waals surface area contributed by atoms with Crippen molar-refractivity contribution in [2.24, 2.45) is 0 Å². The number of H-pyrrole nitrogens is 1. The Labute approximate surface area is 184 Å². The van der Waals surface area contributed by atoms with Gasteiger partial charge in [0.15, 0.2) is 10.6 Å². The number of ether oxygens (including phenoxy) is 1. The van der Waals surface area contributed by atoms with Gasteiger partial charge in [0.25, 0.3) is 0 Å². The van der Waals surface area contributed by atoms with Crippen molar-refractivity contribution < 1.29 is 14.6 Å². The molecule has 4 aromatic rings. The number of hydrogen-bond donors (Lipinski definition) is 2. The predicted molar refractivity (Wildman–Crippen MR) is 121 cm³/mol. The summed E-state index contributed by atoms with van der Waals surface area (Å²) in [6.45, 7) is 1.02. The van der Waals surface area contributed by atoms with Gasteiger partial charge in [-0.1, -0.05) is 48.5 Å². The lowest BCUT2D eigenvalue weighted by Gasteiger charge is -2.10. The van der Waals surface area contributed by atoms with E-state index >= 15 is 0 Å². The molecular formula is C24H21N3O3S. The molecular weight excluding hydrogens is 410 g/mol. The minimum absolute atomic E-state index is 0.305. The second-order valence-electron chi connectivity index (χ2n) is 7.01. The lowest BCUT2D eigenvalue weighted by Crippen LogP contribution is -2.08. The Morgan fingerprint density at radius 1 is 1.00 bits per heavy atom. The number of nitrogens with zero attached hydrogens (tertiary/aromatic N) is 2. The molecule has 0 aliphatic rings. The van der Waals surface area contributed by atoms with Crippen LogP contribution in [-0.4, -0.2) is 25.8 Å². The highest BCUT2D eigenvalue weighted by molar-refractivity contribution is 7.71. The smallest absolute Gasteiger partial charge is 0.335 e. The number of carboxylic acid groups (broad SMARTS) is 1. The second kappa shape index (κ2) is 9.40. The monoisotopic (exact) mass is 431 g/mol. The number of aromatic carboxylic acids is 1. The van der Waals surface area contributed by atoms with Crippen molar-refractivity contribution in [2.75, 3.05) is 0 Å². The summed E-state index contributed by atoms with van der Waals surface area (Å²) in [5.41, 5.74) is 3.06. The summed E-state index contributed by atoms with van der Waals surface area (Å²) in [6, 6.07) is 24.7. The second-order valence-corrected chi connectivity index (χ2v) is 7.40. The summed E-state index contributed by atoms with van der Waals surface area (Å²) in [7, 11) is 0. The highest BCUT2D eigenvalue weighted by Gasteiger charge is 2.12. The standard InChI is InChI=1S/C24H21N3O3S/c28-23(29)21-9-5-4-8-18(21)14-15-27-22(25-26-24(27)31)19-10-12-20(13-11-19)30-16-17-6-2-1-3-7-17/h1-13H,14-16H2,(H,26,31)(H,28,29). The molecule has 3 aromatic carbocycles. The Morgan fingerprint density at radius 2 is 1.71 bits per heavy atom. The van der Waals surface area contributed by atoms with E-state index in [4.69, 9.17) is 17.0 Å². The fourth-order valence-corrected chi connectivity index (χ4v) is 3.59. The number of carboxylic acids is 1. The fraction of sp³-hybridized carbons (Fsp3) is 0.125. The first-order valence-corrected chi connectivity index (χ1v) is 10.3. The van der Waals surface area contributed by atoms with Gasteiger partial charge in [0.2, 0.25) is 0 Å². The minimum Gasteiger partial charge on any atom is -0.489 e. The molecule has 0 bridgehead atoms. The number of aromatic nitrogens is 3. The van der Waals surface area contributed by atoms with Crippen molar-refractivity contribution in [3.05, 3.63) is 100 Å². The molecule has 2 N–H and O–H groups in total. The first kappa shape index (κ1) is 20.6.